The van der Waals surface area contributed by atoms with E-state index in [4.69, 9.17) is 0 Å². The number of benzene rings is 1. The van der Waals surface area contributed by atoms with Gasteiger partial charge in [0.15, 0.2) is 0 Å². The molecule has 0 bridgehead atoms. The Kier molecular flexibility index (Phi) is 3.76. The lowest BCUT2D eigenvalue weighted by atomic mass is 9.78. The number of hydrogen-bond donors (Lipinski definition) is 1. The van der Waals surface area contributed by atoms with Crippen LogP contribution in [-0.2, 0) is 6.54 Å². The molecule has 2 heteroatoms. The molecule has 0 amide bonds. The van der Waals surface area contributed by atoms with Gasteiger partial charge in [-0.15, -0.1) is 0 Å². The second-order valence-electron chi connectivity index (χ2n) is 7.36. The zero-order valence-corrected chi connectivity index (χ0v) is 13.1. The van der Waals surface area contributed by atoms with Crippen molar-refractivity contribution in [3.05, 3.63) is 35.4 Å². The third-order valence-corrected chi connectivity index (χ3v) is 5.90. The minimum Gasteiger partial charge on any atom is -0.314 e. The van der Waals surface area contributed by atoms with E-state index < -0.39 is 0 Å². The molecule has 114 valence electrons. The van der Waals surface area contributed by atoms with Crippen molar-refractivity contribution in [3.8, 4) is 0 Å². The van der Waals surface area contributed by atoms with E-state index in [0.29, 0.717) is 5.54 Å². The fourth-order valence-electron chi connectivity index (χ4n) is 4.51. The van der Waals surface area contributed by atoms with E-state index in [1.807, 2.05) is 0 Å². The average molecular weight is 284 g/mol. The fourth-order valence-corrected chi connectivity index (χ4v) is 4.51. The molecule has 1 aromatic carbocycles. The molecule has 1 aliphatic heterocycles. The molecule has 2 saturated carbocycles. The number of hydrogen-bond acceptors (Lipinski definition) is 2. The van der Waals surface area contributed by atoms with Crippen LogP contribution in [0, 0.1) is 0 Å². The van der Waals surface area contributed by atoms with Crippen LogP contribution in [-0.4, -0.2) is 30.1 Å². The monoisotopic (exact) mass is 284 g/mol. The largest absolute Gasteiger partial charge is 0.314 e. The summed E-state index contributed by atoms with van der Waals surface area (Å²) in [5.41, 5.74) is 3.70. The van der Waals surface area contributed by atoms with Gasteiger partial charge in [0, 0.05) is 31.7 Å². The molecule has 21 heavy (non-hydrogen) atoms. The van der Waals surface area contributed by atoms with Gasteiger partial charge in [0.2, 0.25) is 0 Å². The Morgan fingerprint density at radius 2 is 1.90 bits per heavy atom. The zero-order valence-electron chi connectivity index (χ0n) is 13.1. The fraction of sp³-hybridized carbons (Fsp3) is 0.684. The third kappa shape index (κ3) is 2.76. The van der Waals surface area contributed by atoms with Crippen molar-refractivity contribution in [1.82, 2.24) is 10.2 Å². The van der Waals surface area contributed by atoms with Gasteiger partial charge < -0.3 is 5.32 Å². The smallest absolute Gasteiger partial charge is 0.0338 e. The first-order valence-corrected chi connectivity index (χ1v) is 8.91. The predicted octanol–water partition coefficient (Wildman–Crippen LogP) is 3.67. The lowest BCUT2D eigenvalue weighted by Gasteiger charge is -2.50. The summed E-state index contributed by atoms with van der Waals surface area (Å²) in [6.45, 7) is 4.76. The van der Waals surface area contributed by atoms with Crippen molar-refractivity contribution in [3.63, 3.8) is 0 Å². The molecule has 1 heterocycles. The van der Waals surface area contributed by atoms with E-state index in [0.717, 1.165) is 12.5 Å². The molecule has 1 aromatic rings. The van der Waals surface area contributed by atoms with Gasteiger partial charge in [0.1, 0.15) is 0 Å². The lowest BCUT2D eigenvalue weighted by molar-refractivity contribution is 0.0207. The topological polar surface area (TPSA) is 15.3 Å². The van der Waals surface area contributed by atoms with Crippen molar-refractivity contribution >= 4 is 0 Å². The van der Waals surface area contributed by atoms with Crippen LogP contribution in [0.1, 0.15) is 62.0 Å². The molecule has 1 spiro atoms. The standard InChI is InChI=1S/C19H28N2/c1-4-10-19(11-5-1)15-20-12-13-21(19)14-17-6-2-3-7-18(17)16-8-9-16/h2-3,6-7,16,20H,1,4-5,8-15H2. The Hall–Kier alpha value is -0.860. The maximum absolute atomic E-state index is 3.67. The van der Waals surface area contributed by atoms with Gasteiger partial charge >= 0.3 is 0 Å². The Morgan fingerprint density at radius 3 is 2.71 bits per heavy atom. The first kappa shape index (κ1) is 13.8. The summed E-state index contributed by atoms with van der Waals surface area (Å²) in [6, 6.07) is 9.22. The molecule has 2 nitrogen and oxygen atoms in total. The highest BCUT2D eigenvalue weighted by Crippen LogP contribution is 2.43. The van der Waals surface area contributed by atoms with E-state index in [-0.39, 0.29) is 0 Å². The van der Waals surface area contributed by atoms with Gasteiger partial charge in [-0.3, -0.25) is 4.90 Å². The molecule has 1 saturated heterocycles. The van der Waals surface area contributed by atoms with Gasteiger partial charge in [0.05, 0.1) is 0 Å². The van der Waals surface area contributed by atoms with Crippen molar-refractivity contribution in [1.29, 1.82) is 0 Å². The molecule has 3 fully saturated rings. The maximum atomic E-state index is 3.67. The van der Waals surface area contributed by atoms with Crippen molar-refractivity contribution in [2.24, 2.45) is 0 Å². The van der Waals surface area contributed by atoms with Crippen LogP contribution in [0.5, 0.6) is 0 Å². The first-order chi connectivity index (χ1) is 10.4. The molecule has 0 unspecified atom stereocenters. The van der Waals surface area contributed by atoms with Gasteiger partial charge in [-0.2, -0.15) is 0 Å². The zero-order chi connectivity index (χ0) is 14.1. The van der Waals surface area contributed by atoms with E-state index in [1.165, 1.54) is 64.6 Å². The first-order valence-electron chi connectivity index (χ1n) is 8.91. The number of nitrogens with zero attached hydrogens (tertiary/aromatic N) is 1. The third-order valence-electron chi connectivity index (χ3n) is 5.90. The van der Waals surface area contributed by atoms with Crippen LogP contribution >= 0.6 is 0 Å². The number of piperazine rings is 1. The molecule has 1 N–H and O–H groups in total. The van der Waals surface area contributed by atoms with Gasteiger partial charge in [-0.05, 0) is 42.7 Å². The van der Waals surface area contributed by atoms with E-state index in [2.05, 4.69) is 34.5 Å². The number of nitrogens with one attached hydrogen (secondary N) is 1. The van der Waals surface area contributed by atoms with Crippen LogP contribution in [0.4, 0.5) is 0 Å². The van der Waals surface area contributed by atoms with E-state index in [1.54, 1.807) is 11.1 Å². The van der Waals surface area contributed by atoms with Crippen LogP contribution < -0.4 is 5.32 Å². The summed E-state index contributed by atoms with van der Waals surface area (Å²) >= 11 is 0. The summed E-state index contributed by atoms with van der Waals surface area (Å²) in [6.07, 6.45) is 9.88. The molecule has 0 aromatic heterocycles. The molecule has 4 rings (SSSR count). The highest BCUT2D eigenvalue weighted by molar-refractivity contribution is 5.33. The van der Waals surface area contributed by atoms with Gasteiger partial charge in [-0.25, -0.2) is 0 Å². The van der Waals surface area contributed by atoms with Crippen LogP contribution in [0.25, 0.3) is 0 Å². The van der Waals surface area contributed by atoms with Crippen LogP contribution in [0.2, 0.25) is 0 Å². The Labute approximate surface area is 128 Å². The molecule has 3 aliphatic rings. The molecular weight excluding hydrogens is 256 g/mol. The molecular formula is C19H28N2. The Balaban J connectivity index is 1.57. The summed E-state index contributed by atoms with van der Waals surface area (Å²) in [4.78, 5) is 2.82. The Bertz CT molecular complexity index is 478. The summed E-state index contributed by atoms with van der Waals surface area (Å²) in [5, 5.41) is 3.67. The van der Waals surface area contributed by atoms with Crippen LogP contribution in [0.15, 0.2) is 24.3 Å². The summed E-state index contributed by atoms with van der Waals surface area (Å²) < 4.78 is 0. The normalized spacial score (nSPS) is 26.1. The van der Waals surface area contributed by atoms with Crippen molar-refractivity contribution in [2.75, 3.05) is 19.6 Å². The van der Waals surface area contributed by atoms with Gasteiger partial charge in [0.25, 0.3) is 0 Å². The van der Waals surface area contributed by atoms with E-state index >= 15 is 0 Å². The van der Waals surface area contributed by atoms with Crippen molar-refractivity contribution in [2.45, 2.75) is 62.9 Å². The highest BCUT2D eigenvalue weighted by Gasteiger charge is 2.40. The predicted molar refractivity (Wildman–Crippen MR) is 87.5 cm³/mol. The average Bonchev–Trinajstić information content (AvgIpc) is 3.36. The second kappa shape index (κ2) is 5.73. The molecule has 2 aliphatic carbocycles. The maximum Gasteiger partial charge on any atom is 0.0338 e. The van der Waals surface area contributed by atoms with Gasteiger partial charge in [-0.1, -0.05) is 43.5 Å². The van der Waals surface area contributed by atoms with E-state index in [9.17, 15) is 0 Å². The highest BCUT2D eigenvalue weighted by atomic mass is 15.3. The quantitative estimate of drug-likeness (QED) is 0.911. The van der Waals surface area contributed by atoms with Crippen molar-refractivity contribution < 1.29 is 0 Å². The summed E-state index contributed by atoms with van der Waals surface area (Å²) in [5.74, 6) is 0.867. The minimum atomic E-state index is 0.452. The lowest BCUT2D eigenvalue weighted by Crippen LogP contribution is -2.61. The molecule has 0 atom stereocenters. The number of rotatable bonds is 3. The van der Waals surface area contributed by atoms with Crippen LogP contribution in [0.3, 0.4) is 0 Å². The summed E-state index contributed by atoms with van der Waals surface area (Å²) in [7, 11) is 0. The molecule has 0 radical (unpaired) electrons. The second-order valence-corrected chi connectivity index (χ2v) is 7.36. The SMILES string of the molecule is c1ccc(C2CC2)c(CN2CCNCC23CCCCC3)c1. The Morgan fingerprint density at radius 1 is 1.10 bits per heavy atom. The minimum absolute atomic E-state index is 0.452.